The maximum atomic E-state index is 10.9. The van der Waals surface area contributed by atoms with Gasteiger partial charge in [0.25, 0.3) is 0 Å². The summed E-state index contributed by atoms with van der Waals surface area (Å²) in [6.07, 6.45) is 2.05. The van der Waals surface area contributed by atoms with Gasteiger partial charge >= 0.3 is 5.97 Å². The molecule has 0 heterocycles. The van der Waals surface area contributed by atoms with Gasteiger partial charge in [0, 0.05) is 11.7 Å². The van der Waals surface area contributed by atoms with Crippen molar-refractivity contribution in [2.45, 2.75) is 25.3 Å². The van der Waals surface area contributed by atoms with E-state index in [1.807, 2.05) is 24.3 Å². The number of hydrogen-bond acceptors (Lipinski definition) is 2. The van der Waals surface area contributed by atoms with E-state index in [9.17, 15) is 4.79 Å². The molecule has 1 aliphatic rings. The molecule has 0 bridgehead atoms. The highest BCUT2D eigenvalue weighted by Gasteiger charge is 2.21. The van der Waals surface area contributed by atoms with Crippen LogP contribution < -0.4 is 5.32 Å². The number of hydrogen-bond donors (Lipinski definition) is 2. The van der Waals surface area contributed by atoms with Crippen LogP contribution in [0.5, 0.6) is 0 Å². The number of rotatable bonds is 4. The van der Waals surface area contributed by atoms with Crippen LogP contribution in [0.4, 0.5) is 5.69 Å². The molecule has 0 aliphatic heterocycles. The van der Waals surface area contributed by atoms with Gasteiger partial charge < -0.3 is 10.4 Å². The van der Waals surface area contributed by atoms with E-state index < -0.39 is 5.97 Å². The monoisotopic (exact) mass is 267 g/mol. The highest BCUT2D eigenvalue weighted by Crippen LogP contribution is 2.26. The Labute approximate surface area is 118 Å². The van der Waals surface area contributed by atoms with Gasteiger partial charge in [-0.25, -0.2) is 0 Å². The van der Waals surface area contributed by atoms with Crippen LogP contribution in [0.3, 0.4) is 0 Å². The minimum atomic E-state index is -0.797. The molecular weight excluding hydrogens is 250 g/mol. The summed E-state index contributed by atoms with van der Waals surface area (Å²) >= 11 is 0. The third kappa shape index (κ3) is 2.67. The molecule has 0 saturated carbocycles. The van der Waals surface area contributed by atoms with Crippen molar-refractivity contribution in [2.75, 3.05) is 5.32 Å². The van der Waals surface area contributed by atoms with Gasteiger partial charge in [-0.15, -0.1) is 0 Å². The predicted octanol–water partition coefficient (Wildman–Crippen LogP) is 2.89. The first-order valence-corrected chi connectivity index (χ1v) is 6.85. The largest absolute Gasteiger partial charge is 0.481 e. The fourth-order valence-corrected chi connectivity index (χ4v) is 2.86. The van der Waals surface area contributed by atoms with E-state index in [0.29, 0.717) is 6.04 Å². The molecule has 102 valence electrons. The van der Waals surface area contributed by atoms with E-state index in [2.05, 4.69) is 29.6 Å². The first-order chi connectivity index (χ1) is 9.72. The van der Waals surface area contributed by atoms with E-state index in [1.165, 1.54) is 11.1 Å². The molecule has 0 atom stereocenters. The van der Waals surface area contributed by atoms with Crippen molar-refractivity contribution in [3.05, 3.63) is 65.2 Å². The van der Waals surface area contributed by atoms with Crippen LogP contribution >= 0.6 is 0 Å². The Morgan fingerprint density at radius 1 is 1.05 bits per heavy atom. The molecule has 0 unspecified atom stereocenters. The van der Waals surface area contributed by atoms with Crippen molar-refractivity contribution in [3.63, 3.8) is 0 Å². The molecule has 0 radical (unpaired) electrons. The van der Waals surface area contributed by atoms with Crippen molar-refractivity contribution in [2.24, 2.45) is 0 Å². The molecule has 3 nitrogen and oxygen atoms in total. The second-order valence-electron chi connectivity index (χ2n) is 5.25. The fourth-order valence-electron chi connectivity index (χ4n) is 2.86. The number of benzene rings is 2. The SMILES string of the molecule is O=C(O)Cc1ccccc1NC1Cc2ccccc2C1. The Hall–Kier alpha value is -2.29. The maximum Gasteiger partial charge on any atom is 0.307 e. The molecule has 2 N–H and O–H groups in total. The van der Waals surface area contributed by atoms with Gasteiger partial charge in [0.2, 0.25) is 0 Å². The molecule has 0 saturated heterocycles. The number of carboxylic acid groups (broad SMARTS) is 1. The minimum Gasteiger partial charge on any atom is -0.481 e. The third-order valence-electron chi connectivity index (χ3n) is 3.77. The minimum absolute atomic E-state index is 0.0584. The van der Waals surface area contributed by atoms with E-state index in [0.717, 1.165) is 24.1 Å². The molecule has 0 aromatic heterocycles. The van der Waals surface area contributed by atoms with Crippen LogP contribution in [0.1, 0.15) is 16.7 Å². The van der Waals surface area contributed by atoms with Crippen LogP contribution in [-0.4, -0.2) is 17.1 Å². The normalized spacial score (nSPS) is 14.0. The van der Waals surface area contributed by atoms with E-state index in [1.54, 1.807) is 0 Å². The number of nitrogens with one attached hydrogen (secondary N) is 1. The molecule has 0 amide bonds. The maximum absolute atomic E-state index is 10.9. The van der Waals surface area contributed by atoms with Crippen molar-refractivity contribution >= 4 is 11.7 Å². The van der Waals surface area contributed by atoms with Gasteiger partial charge in [0.15, 0.2) is 0 Å². The molecule has 3 heteroatoms. The van der Waals surface area contributed by atoms with E-state index in [4.69, 9.17) is 5.11 Å². The quantitative estimate of drug-likeness (QED) is 0.895. The van der Waals surface area contributed by atoms with Gasteiger partial charge in [-0.05, 0) is 35.6 Å². The van der Waals surface area contributed by atoms with Crippen LogP contribution in [-0.2, 0) is 24.1 Å². The number of carboxylic acids is 1. The predicted molar refractivity (Wildman–Crippen MR) is 79.0 cm³/mol. The molecule has 0 spiro atoms. The summed E-state index contributed by atoms with van der Waals surface area (Å²) in [5, 5.41) is 12.5. The highest BCUT2D eigenvalue weighted by atomic mass is 16.4. The topological polar surface area (TPSA) is 49.3 Å². The average Bonchev–Trinajstić information content (AvgIpc) is 2.82. The summed E-state index contributed by atoms with van der Waals surface area (Å²) in [4.78, 5) is 10.9. The van der Waals surface area contributed by atoms with Crippen LogP contribution in [0.25, 0.3) is 0 Å². The Kier molecular flexibility index (Phi) is 3.42. The zero-order chi connectivity index (χ0) is 13.9. The highest BCUT2D eigenvalue weighted by molar-refractivity contribution is 5.73. The van der Waals surface area contributed by atoms with Crippen LogP contribution in [0, 0.1) is 0 Å². The molecular formula is C17H17NO2. The molecule has 0 fully saturated rings. The zero-order valence-electron chi connectivity index (χ0n) is 11.2. The Bertz CT molecular complexity index is 611. The van der Waals surface area contributed by atoms with Crippen LogP contribution in [0.2, 0.25) is 0 Å². The van der Waals surface area contributed by atoms with Gasteiger partial charge in [0.05, 0.1) is 6.42 Å². The Morgan fingerprint density at radius 3 is 2.30 bits per heavy atom. The van der Waals surface area contributed by atoms with Gasteiger partial charge in [0.1, 0.15) is 0 Å². The Balaban J connectivity index is 1.75. The molecule has 20 heavy (non-hydrogen) atoms. The number of carbonyl (C=O) groups is 1. The van der Waals surface area contributed by atoms with Crippen molar-refractivity contribution in [3.8, 4) is 0 Å². The summed E-state index contributed by atoms with van der Waals surface area (Å²) in [7, 11) is 0. The van der Waals surface area contributed by atoms with Gasteiger partial charge in [-0.1, -0.05) is 42.5 Å². The average molecular weight is 267 g/mol. The lowest BCUT2D eigenvalue weighted by atomic mass is 10.1. The van der Waals surface area contributed by atoms with Crippen molar-refractivity contribution in [1.82, 2.24) is 0 Å². The summed E-state index contributed by atoms with van der Waals surface area (Å²) in [5.41, 5.74) is 4.56. The summed E-state index contributed by atoms with van der Waals surface area (Å²) in [5.74, 6) is -0.797. The van der Waals surface area contributed by atoms with E-state index >= 15 is 0 Å². The van der Waals surface area contributed by atoms with Crippen molar-refractivity contribution in [1.29, 1.82) is 0 Å². The standard InChI is InChI=1S/C17H17NO2/c19-17(20)11-14-7-3-4-8-16(14)18-15-9-12-5-1-2-6-13(12)10-15/h1-8,15,18H,9-11H2,(H,19,20). The number of aliphatic carboxylic acids is 1. The van der Waals surface area contributed by atoms with E-state index in [-0.39, 0.29) is 6.42 Å². The van der Waals surface area contributed by atoms with Gasteiger partial charge in [-0.3, -0.25) is 4.79 Å². The summed E-state index contributed by atoms with van der Waals surface area (Å²) in [6, 6.07) is 16.5. The lowest BCUT2D eigenvalue weighted by molar-refractivity contribution is -0.136. The first-order valence-electron chi connectivity index (χ1n) is 6.85. The lowest BCUT2D eigenvalue weighted by Crippen LogP contribution is -2.20. The van der Waals surface area contributed by atoms with Crippen LogP contribution in [0.15, 0.2) is 48.5 Å². The zero-order valence-corrected chi connectivity index (χ0v) is 11.2. The Morgan fingerprint density at radius 2 is 1.65 bits per heavy atom. The van der Waals surface area contributed by atoms with Crippen molar-refractivity contribution < 1.29 is 9.90 Å². The van der Waals surface area contributed by atoms with Gasteiger partial charge in [-0.2, -0.15) is 0 Å². The second kappa shape index (κ2) is 5.37. The number of fused-ring (bicyclic) bond motifs is 1. The third-order valence-corrected chi connectivity index (χ3v) is 3.77. The smallest absolute Gasteiger partial charge is 0.307 e. The summed E-state index contributed by atoms with van der Waals surface area (Å²) in [6.45, 7) is 0. The molecule has 1 aliphatic carbocycles. The second-order valence-corrected chi connectivity index (χ2v) is 5.25. The lowest BCUT2D eigenvalue weighted by Gasteiger charge is -2.16. The number of anilines is 1. The fraction of sp³-hybridized carbons (Fsp3) is 0.235. The first kappa shape index (κ1) is 12.7. The number of para-hydroxylation sites is 1. The molecule has 3 rings (SSSR count). The summed E-state index contributed by atoms with van der Waals surface area (Å²) < 4.78 is 0. The molecule has 2 aromatic rings. The molecule has 2 aromatic carbocycles.